The number of hydrogen-bond donors (Lipinski definition) is 3. The number of aliphatic carboxylic acids is 1. The fourth-order valence-corrected chi connectivity index (χ4v) is 2.10. The lowest BCUT2D eigenvalue weighted by Gasteiger charge is -2.25. The minimum atomic E-state index is -0.990. The van der Waals surface area contributed by atoms with E-state index in [0.29, 0.717) is 24.2 Å². The third-order valence-corrected chi connectivity index (χ3v) is 3.70. The highest BCUT2D eigenvalue weighted by atomic mass is 16.4. The van der Waals surface area contributed by atoms with Gasteiger partial charge >= 0.3 is 5.97 Å². The topological polar surface area (TPSA) is 95.1 Å². The van der Waals surface area contributed by atoms with E-state index in [9.17, 15) is 14.7 Å². The van der Waals surface area contributed by atoms with Gasteiger partial charge < -0.3 is 10.4 Å². The highest BCUT2D eigenvalue weighted by molar-refractivity contribution is 5.95. The Morgan fingerprint density at radius 1 is 1.32 bits per heavy atom. The Kier molecular flexibility index (Phi) is 4.69. The minimum absolute atomic E-state index is 0.0284. The Labute approximate surface area is 112 Å². The first-order chi connectivity index (χ1) is 8.86. The molecule has 0 aliphatic carbocycles. The number of H-pyrrole nitrogens is 1. The number of amides is 1. The van der Waals surface area contributed by atoms with Gasteiger partial charge in [-0.1, -0.05) is 13.8 Å². The zero-order chi connectivity index (χ0) is 14.6. The second-order valence-electron chi connectivity index (χ2n) is 4.83. The van der Waals surface area contributed by atoms with Gasteiger partial charge in [-0.2, -0.15) is 5.10 Å². The molecule has 0 radical (unpaired) electrons. The fourth-order valence-electron chi connectivity index (χ4n) is 2.10. The number of anilines is 1. The molecule has 0 aliphatic heterocycles. The van der Waals surface area contributed by atoms with E-state index in [2.05, 4.69) is 15.5 Å². The van der Waals surface area contributed by atoms with Crippen molar-refractivity contribution in [3.63, 3.8) is 0 Å². The number of nitrogens with one attached hydrogen (secondary N) is 2. The van der Waals surface area contributed by atoms with Gasteiger partial charge in [-0.3, -0.25) is 14.7 Å². The van der Waals surface area contributed by atoms with Crippen LogP contribution in [0.4, 0.5) is 5.69 Å². The van der Waals surface area contributed by atoms with Crippen molar-refractivity contribution in [2.75, 3.05) is 5.32 Å². The molecule has 0 unspecified atom stereocenters. The van der Waals surface area contributed by atoms with Crippen LogP contribution in [-0.2, 0) is 9.59 Å². The van der Waals surface area contributed by atoms with E-state index in [-0.39, 0.29) is 12.3 Å². The highest BCUT2D eigenvalue weighted by Gasteiger charge is 2.37. The van der Waals surface area contributed by atoms with Crippen molar-refractivity contribution in [1.29, 1.82) is 0 Å². The number of aryl methyl sites for hydroxylation is 2. The van der Waals surface area contributed by atoms with Gasteiger partial charge in [0.15, 0.2) is 0 Å². The van der Waals surface area contributed by atoms with Crippen LogP contribution in [0.25, 0.3) is 0 Å². The number of carboxylic acids is 1. The van der Waals surface area contributed by atoms with E-state index >= 15 is 0 Å². The van der Waals surface area contributed by atoms with E-state index in [1.807, 2.05) is 0 Å². The summed E-state index contributed by atoms with van der Waals surface area (Å²) < 4.78 is 0. The molecular weight excluding hydrogens is 246 g/mol. The van der Waals surface area contributed by atoms with Crippen LogP contribution in [0.15, 0.2) is 0 Å². The van der Waals surface area contributed by atoms with Gasteiger partial charge in [-0.25, -0.2) is 0 Å². The summed E-state index contributed by atoms with van der Waals surface area (Å²) in [5.41, 5.74) is 1.10. The number of carboxylic acid groups (broad SMARTS) is 1. The number of rotatable bonds is 6. The quantitative estimate of drug-likeness (QED) is 0.736. The van der Waals surface area contributed by atoms with Gasteiger partial charge in [0.1, 0.15) is 0 Å². The maximum Gasteiger partial charge on any atom is 0.310 e. The van der Waals surface area contributed by atoms with Crippen molar-refractivity contribution in [2.45, 2.75) is 47.0 Å². The number of carbonyl (C=O) groups is 2. The zero-order valence-corrected chi connectivity index (χ0v) is 11.8. The molecule has 0 aromatic carbocycles. The average molecular weight is 267 g/mol. The summed E-state index contributed by atoms with van der Waals surface area (Å²) in [5, 5.41) is 18.8. The van der Waals surface area contributed by atoms with Crippen LogP contribution in [-0.4, -0.2) is 27.2 Å². The van der Waals surface area contributed by atoms with Crippen LogP contribution in [0, 0.1) is 19.3 Å². The fraction of sp³-hybridized carbons (Fsp3) is 0.615. The lowest BCUT2D eigenvalue weighted by molar-refractivity contribution is -0.151. The van der Waals surface area contributed by atoms with Crippen LogP contribution in [0.5, 0.6) is 0 Å². The Hall–Kier alpha value is -1.85. The van der Waals surface area contributed by atoms with Gasteiger partial charge in [0.25, 0.3) is 0 Å². The van der Waals surface area contributed by atoms with Crippen molar-refractivity contribution in [1.82, 2.24) is 10.2 Å². The maximum absolute atomic E-state index is 12.0. The number of carbonyl (C=O) groups excluding carboxylic acids is 1. The normalized spacial score (nSPS) is 11.4. The smallest absolute Gasteiger partial charge is 0.310 e. The molecule has 6 heteroatoms. The molecule has 1 heterocycles. The molecule has 6 nitrogen and oxygen atoms in total. The van der Waals surface area contributed by atoms with E-state index in [1.54, 1.807) is 27.7 Å². The largest absolute Gasteiger partial charge is 0.481 e. The number of aromatic nitrogens is 2. The second kappa shape index (κ2) is 5.86. The lowest BCUT2D eigenvalue weighted by Crippen LogP contribution is -2.34. The van der Waals surface area contributed by atoms with Gasteiger partial charge in [0.2, 0.25) is 5.91 Å². The van der Waals surface area contributed by atoms with Crippen molar-refractivity contribution >= 4 is 17.6 Å². The van der Waals surface area contributed by atoms with Crippen LogP contribution in [0.3, 0.4) is 0 Å². The first kappa shape index (κ1) is 15.2. The summed E-state index contributed by atoms with van der Waals surface area (Å²) in [4.78, 5) is 23.4. The zero-order valence-electron chi connectivity index (χ0n) is 11.8. The molecule has 0 aliphatic rings. The van der Waals surface area contributed by atoms with E-state index < -0.39 is 11.4 Å². The van der Waals surface area contributed by atoms with Gasteiger partial charge in [0.05, 0.1) is 22.5 Å². The predicted octanol–water partition coefficient (Wildman–Crippen LogP) is 2.25. The van der Waals surface area contributed by atoms with Crippen LogP contribution in [0.2, 0.25) is 0 Å². The summed E-state index contributed by atoms with van der Waals surface area (Å²) in [5.74, 6) is -1.22. The Morgan fingerprint density at radius 3 is 2.26 bits per heavy atom. The molecule has 0 atom stereocenters. The molecule has 1 aromatic heterocycles. The number of aromatic amines is 1. The Bertz CT molecular complexity index is 456. The van der Waals surface area contributed by atoms with E-state index in [1.165, 1.54) is 0 Å². The molecular formula is C13H21N3O3. The van der Waals surface area contributed by atoms with E-state index in [4.69, 9.17) is 0 Å². The standard InChI is InChI=1S/C13H21N3O3/c1-5-13(6-2,12(18)19)7-10(17)14-11-8(3)15-16-9(11)4/h5-7H2,1-4H3,(H,14,17)(H,15,16)(H,18,19). The summed E-state index contributed by atoms with van der Waals surface area (Å²) in [7, 11) is 0. The number of nitrogens with zero attached hydrogens (tertiary/aromatic N) is 1. The summed E-state index contributed by atoms with van der Waals surface area (Å²) in [6.45, 7) is 7.17. The average Bonchev–Trinajstić information content (AvgIpc) is 2.67. The first-order valence-corrected chi connectivity index (χ1v) is 6.41. The van der Waals surface area contributed by atoms with Crippen molar-refractivity contribution in [3.05, 3.63) is 11.4 Å². The molecule has 3 N–H and O–H groups in total. The first-order valence-electron chi connectivity index (χ1n) is 6.41. The molecule has 0 spiro atoms. The molecule has 0 bridgehead atoms. The van der Waals surface area contributed by atoms with Gasteiger partial charge in [-0.15, -0.1) is 0 Å². The molecule has 19 heavy (non-hydrogen) atoms. The third-order valence-electron chi connectivity index (χ3n) is 3.70. The molecule has 1 aromatic rings. The van der Waals surface area contributed by atoms with Gasteiger partial charge in [0, 0.05) is 6.42 Å². The van der Waals surface area contributed by atoms with Crippen LogP contribution >= 0.6 is 0 Å². The molecule has 0 saturated carbocycles. The summed E-state index contributed by atoms with van der Waals surface area (Å²) >= 11 is 0. The maximum atomic E-state index is 12.0. The SMILES string of the molecule is CCC(CC)(CC(=O)Nc1c(C)n[nH]c1C)C(=O)O. The predicted molar refractivity (Wildman–Crippen MR) is 72.0 cm³/mol. The highest BCUT2D eigenvalue weighted by Crippen LogP contribution is 2.31. The molecule has 1 rings (SSSR count). The Balaban J connectivity index is 2.82. The van der Waals surface area contributed by atoms with Crippen molar-refractivity contribution in [3.8, 4) is 0 Å². The van der Waals surface area contributed by atoms with E-state index in [0.717, 1.165) is 5.69 Å². The summed E-state index contributed by atoms with van der Waals surface area (Å²) in [6.07, 6.45) is 0.824. The Morgan fingerprint density at radius 2 is 1.89 bits per heavy atom. The molecule has 1 amide bonds. The monoisotopic (exact) mass is 267 g/mol. The van der Waals surface area contributed by atoms with Crippen LogP contribution < -0.4 is 5.32 Å². The molecule has 0 fully saturated rings. The second-order valence-corrected chi connectivity index (χ2v) is 4.83. The minimum Gasteiger partial charge on any atom is -0.481 e. The lowest BCUT2D eigenvalue weighted by atomic mass is 9.79. The van der Waals surface area contributed by atoms with Crippen molar-refractivity contribution in [2.24, 2.45) is 5.41 Å². The summed E-state index contributed by atoms with van der Waals surface area (Å²) in [6, 6.07) is 0. The third kappa shape index (κ3) is 3.13. The van der Waals surface area contributed by atoms with Crippen LogP contribution in [0.1, 0.15) is 44.5 Å². The molecule has 0 saturated heterocycles. The van der Waals surface area contributed by atoms with Crippen molar-refractivity contribution < 1.29 is 14.7 Å². The number of hydrogen-bond acceptors (Lipinski definition) is 3. The van der Waals surface area contributed by atoms with Gasteiger partial charge in [-0.05, 0) is 26.7 Å². The molecule has 106 valence electrons.